The van der Waals surface area contributed by atoms with Gasteiger partial charge in [0.1, 0.15) is 6.04 Å². The molecule has 1 fully saturated rings. The molecule has 0 saturated carbocycles. The van der Waals surface area contributed by atoms with Crippen molar-refractivity contribution < 1.29 is 9.32 Å². The van der Waals surface area contributed by atoms with Crippen LogP contribution in [0.5, 0.6) is 0 Å². The molecule has 2 unspecified atom stereocenters. The van der Waals surface area contributed by atoms with Gasteiger partial charge < -0.3 is 9.42 Å². The highest BCUT2D eigenvalue weighted by Gasteiger charge is 2.36. The highest BCUT2D eigenvalue weighted by molar-refractivity contribution is 9.10. The van der Waals surface area contributed by atoms with E-state index in [-0.39, 0.29) is 17.9 Å². The van der Waals surface area contributed by atoms with Crippen LogP contribution in [-0.4, -0.2) is 27.5 Å². The zero-order chi connectivity index (χ0) is 18.5. The zero-order valence-electron chi connectivity index (χ0n) is 15.4. The first kappa shape index (κ1) is 19.1. The predicted molar refractivity (Wildman–Crippen MR) is 104 cm³/mol. The fraction of sp³-hybridized carbons (Fsp3) is 0.550. The van der Waals surface area contributed by atoms with Gasteiger partial charge in [-0.05, 0) is 49.9 Å². The van der Waals surface area contributed by atoms with E-state index in [1.54, 1.807) is 0 Å². The van der Waals surface area contributed by atoms with E-state index in [0.29, 0.717) is 11.7 Å². The Labute approximate surface area is 163 Å². The highest BCUT2D eigenvalue weighted by atomic mass is 79.9. The van der Waals surface area contributed by atoms with Gasteiger partial charge in [0.2, 0.25) is 17.6 Å². The Bertz CT molecular complexity index is 729. The topological polar surface area (TPSA) is 59.2 Å². The van der Waals surface area contributed by atoms with Gasteiger partial charge >= 0.3 is 0 Å². The van der Waals surface area contributed by atoms with Gasteiger partial charge in [-0.1, -0.05) is 47.8 Å². The maximum Gasteiger partial charge on any atom is 0.249 e. The fourth-order valence-corrected chi connectivity index (χ4v) is 3.83. The van der Waals surface area contributed by atoms with Crippen molar-refractivity contribution in [1.29, 1.82) is 0 Å². The molecule has 2 atom stereocenters. The first-order chi connectivity index (χ1) is 12.6. The van der Waals surface area contributed by atoms with Gasteiger partial charge in [-0.25, -0.2) is 0 Å². The van der Waals surface area contributed by atoms with Crippen LogP contribution < -0.4 is 0 Å². The van der Waals surface area contributed by atoms with Gasteiger partial charge in [0, 0.05) is 22.5 Å². The molecule has 1 amide bonds. The summed E-state index contributed by atoms with van der Waals surface area (Å²) in [4.78, 5) is 19.6. The van der Waals surface area contributed by atoms with E-state index in [2.05, 4.69) is 39.9 Å². The van der Waals surface area contributed by atoms with Gasteiger partial charge in [-0.2, -0.15) is 4.98 Å². The van der Waals surface area contributed by atoms with Crippen molar-refractivity contribution in [2.24, 2.45) is 5.92 Å². The second-order valence-corrected chi connectivity index (χ2v) is 7.82. The predicted octanol–water partition coefficient (Wildman–Crippen LogP) is 5.38. The molecular weight excluding hydrogens is 394 g/mol. The van der Waals surface area contributed by atoms with Crippen molar-refractivity contribution in [2.75, 3.05) is 6.54 Å². The van der Waals surface area contributed by atoms with E-state index in [9.17, 15) is 4.79 Å². The first-order valence-corrected chi connectivity index (χ1v) is 10.3. The second kappa shape index (κ2) is 8.80. The molecule has 0 spiro atoms. The number of hydrogen-bond acceptors (Lipinski definition) is 4. The van der Waals surface area contributed by atoms with E-state index >= 15 is 0 Å². The van der Waals surface area contributed by atoms with Crippen molar-refractivity contribution in [3.05, 3.63) is 34.6 Å². The van der Waals surface area contributed by atoms with Crippen LogP contribution >= 0.6 is 15.9 Å². The van der Waals surface area contributed by atoms with Crippen LogP contribution in [0, 0.1) is 5.92 Å². The number of nitrogens with zero attached hydrogens (tertiary/aromatic N) is 3. The molecule has 1 aliphatic rings. The van der Waals surface area contributed by atoms with Crippen LogP contribution in [0.1, 0.15) is 64.3 Å². The number of benzene rings is 1. The molecule has 26 heavy (non-hydrogen) atoms. The minimum absolute atomic E-state index is 0.0881. The van der Waals surface area contributed by atoms with Crippen LogP contribution in [0.2, 0.25) is 0 Å². The first-order valence-electron chi connectivity index (χ1n) is 9.54. The largest absolute Gasteiger partial charge is 0.337 e. The Morgan fingerprint density at radius 3 is 2.81 bits per heavy atom. The summed E-state index contributed by atoms with van der Waals surface area (Å²) in [7, 11) is 0. The molecule has 1 aromatic heterocycles. The summed E-state index contributed by atoms with van der Waals surface area (Å²) < 4.78 is 6.55. The summed E-state index contributed by atoms with van der Waals surface area (Å²) in [6, 6.07) is 7.73. The molecule has 1 saturated heterocycles. The molecule has 1 aliphatic heterocycles. The van der Waals surface area contributed by atoms with Crippen molar-refractivity contribution in [1.82, 2.24) is 15.0 Å². The Hall–Kier alpha value is -1.69. The maximum absolute atomic E-state index is 13.0. The summed E-state index contributed by atoms with van der Waals surface area (Å²) in [6.45, 7) is 5.04. The normalized spacial score (nSPS) is 18.3. The van der Waals surface area contributed by atoms with E-state index < -0.39 is 0 Å². The minimum atomic E-state index is -0.0881. The lowest BCUT2D eigenvalue weighted by molar-refractivity contribution is -0.137. The Morgan fingerprint density at radius 1 is 1.35 bits per heavy atom. The molecule has 0 bridgehead atoms. The Kier molecular flexibility index (Phi) is 6.46. The van der Waals surface area contributed by atoms with Crippen LogP contribution in [0.25, 0.3) is 11.4 Å². The summed E-state index contributed by atoms with van der Waals surface area (Å²) in [6.07, 6.45) is 5.93. The standard InChI is InChI=1S/C20H26BrN3O2/c1-3-5-7-14(4-2)20(25)24-13-6-8-17(24)19-22-18(23-26-19)15-9-11-16(21)12-10-15/h9-12,14,17H,3-8,13H2,1-2H3. The van der Waals surface area contributed by atoms with Crippen LogP contribution in [0.3, 0.4) is 0 Å². The average molecular weight is 420 g/mol. The minimum Gasteiger partial charge on any atom is -0.337 e. The number of likely N-dealkylation sites (tertiary alicyclic amines) is 1. The smallest absolute Gasteiger partial charge is 0.249 e. The number of amides is 1. The number of hydrogen-bond donors (Lipinski definition) is 0. The Morgan fingerprint density at radius 2 is 2.12 bits per heavy atom. The fourth-order valence-electron chi connectivity index (χ4n) is 3.56. The molecule has 3 rings (SSSR count). The SMILES string of the molecule is CCCCC(CC)C(=O)N1CCCC1c1nc(-c2ccc(Br)cc2)no1. The van der Waals surface area contributed by atoms with Crippen molar-refractivity contribution in [2.45, 2.75) is 58.4 Å². The molecule has 5 nitrogen and oxygen atoms in total. The number of rotatable bonds is 7. The number of carbonyl (C=O) groups is 1. The van der Waals surface area contributed by atoms with Gasteiger partial charge in [0.25, 0.3) is 0 Å². The van der Waals surface area contributed by atoms with Crippen molar-refractivity contribution in [3.8, 4) is 11.4 Å². The van der Waals surface area contributed by atoms with E-state index in [1.165, 1.54) is 0 Å². The average Bonchev–Trinajstić information content (AvgIpc) is 3.32. The van der Waals surface area contributed by atoms with E-state index in [0.717, 1.165) is 55.1 Å². The lowest BCUT2D eigenvalue weighted by Gasteiger charge is -2.26. The molecule has 140 valence electrons. The molecule has 1 aromatic carbocycles. The summed E-state index contributed by atoms with van der Waals surface area (Å²) in [5, 5.41) is 4.13. The molecule has 6 heteroatoms. The Balaban J connectivity index is 1.76. The van der Waals surface area contributed by atoms with Crippen LogP contribution in [0.4, 0.5) is 0 Å². The maximum atomic E-state index is 13.0. The van der Waals surface area contributed by atoms with Crippen molar-refractivity contribution >= 4 is 21.8 Å². The summed E-state index contributed by atoms with van der Waals surface area (Å²) in [5.41, 5.74) is 0.911. The van der Waals surface area contributed by atoms with E-state index in [4.69, 9.17) is 4.52 Å². The molecule has 2 aromatic rings. The molecule has 0 radical (unpaired) electrons. The lowest BCUT2D eigenvalue weighted by atomic mass is 9.97. The number of halogens is 1. The van der Waals surface area contributed by atoms with Crippen LogP contribution in [-0.2, 0) is 4.79 Å². The second-order valence-electron chi connectivity index (χ2n) is 6.90. The highest BCUT2D eigenvalue weighted by Crippen LogP contribution is 2.34. The van der Waals surface area contributed by atoms with Gasteiger partial charge in [0.05, 0.1) is 0 Å². The van der Waals surface area contributed by atoms with Gasteiger partial charge in [-0.15, -0.1) is 0 Å². The number of aromatic nitrogens is 2. The zero-order valence-corrected chi connectivity index (χ0v) is 17.0. The molecule has 0 N–H and O–H groups in total. The number of carbonyl (C=O) groups excluding carboxylic acids is 1. The lowest BCUT2D eigenvalue weighted by Crippen LogP contribution is -2.35. The third-order valence-electron chi connectivity index (χ3n) is 5.11. The van der Waals surface area contributed by atoms with E-state index in [1.807, 2.05) is 29.2 Å². The molecule has 2 heterocycles. The summed E-state index contributed by atoms with van der Waals surface area (Å²) >= 11 is 3.43. The van der Waals surface area contributed by atoms with Gasteiger partial charge in [0.15, 0.2) is 0 Å². The quantitative estimate of drug-likeness (QED) is 0.604. The van der Waals surface area contributed by atoms with Crippen molar-refractivity contribution in [3.63, 3.8) is 0 Å². The number of unbranched alkanes of at least 4 members (excludes halogenated alkanes) is 1. The molecule has 0 aliphatic carbocycles. The monoisotopic (exact) mass is 419 g/mol. The van der Waals surface area contributed by atoms with Crippen LogP contribution in [0.15, 0.2) is 33.3 Å². The third-order valence-corrected chi connectivity index (χ3v) is 5.64. The molecular formula is C20H26BrN3O2. The van der Waals surface area contributed by atoms with Gasteiger partial charge in [-0.3, -0.25) is 4.79 Å². The third kappa shape index (κ3) is 4.17. The summed E-state index contributed by atoms with van der Waals surface area (Å²) in [5.74, 6) is 1.47.